The number of nitro benzene ring substituents is 1. The highest BCUT2D eigenvalue weighted by atomic mass is 16.6. The molecule has 22 heavy (non-hydrogen) atoms. The molecule has 1 aliphatic rings. The maximum absolute atomic E-state index is 10.8. The van der Waals surface area contributed by atoms with Crippen molar-refractivity contribution in [2.45, 2.75) is 18.9 Å². The van der Waals surface area contributed by atoms with Gasteiger partial charge in [-0.05, 0) is 11.5 Å². The van der Waals surface area contributed by atoms with Crippen LogP contribution in [0.5, 0.6) is 0 Å². The lowest BCUT2D eigenvalue weighted by Gasteiger charge is -2.39. The molecule has 0 bridgehead atoms. The number of nitriles is 2. The highest BCUT2D eigenvalue weighted by Crippen LogP contribution is 2.48. The summed E-state index contributed by atoms with van der Waals surface area (Å²) in [6.45, 7) is 1.91. The zero-order valence-corrected chi connectivity index (χ0v) is 12.3. The molecule has 0 saturated heterocycles. The Labute approximate surface area is 128 Å². The first-order chi connectivity index (χ1) is 10.5. The van der Waals surface area contributed by atoms with Crippen LogP contribution in [0, 0.1) is 44.1 Å². The van der Waals surface area contributed by atoms with Crippen molar-refractivity contribution in [3.05, 3.63) is 52.1 Å². The summed E-state index contributed by atoms with van der Waals surface area (Å²) >= 11 is 0. The van der Waals surface area contributed by atoms with Gasteiger partial charge in [-0.2, -0.15) is 10.5 Å². The van der Waals surface area contributed by atoms with Crippen molar-refractivity contribution in [1.82, 2.24) is 0 Å². The largest absolute Gasteiger partial charge is 0.375 e. The Morgan fingerprint density at radius 3 is 2.27 bits per heavy atom. The van der Waals surface area contributed by atoms with Crippen molar-refractivity contribution in [1.29, 1.82) is 10.5 Å². The van der Waals surface area contributed by atoms with Gasteiger partial charge in [-0.3, -0.25) is 10.1 Å². The Kier molecular flexibility index (Phi) is 4.25. The van der Waals surface area contributed by atoms with Crippen LogP contribution in [0.4, 0.5) is 5.69 Å². The number of allylic oxidation sites excluding steroid dienone is 1. The lowest BCUT2D eigenvalue weighted by Crippen LogP contribution is -2.43. The minimum Gasteiger partial charge on any atom is -0.375 e. The molecule has 6 heteroatoms. The maximum Gasteiger partial charge on any atom is 0.269 e. The molecule has 0 heterocycles. The molecule has 0 fully saturated rings. The second-order valence-electron chi connectivity index (χ2n) is 5.32. The van der Waals surface area contributed by atoms with Gasteiger partial charge in [0.25, 0.3) is 5.69 Å². The summed E-state index contributed by atoms with van der Waals surface area (Å²) in [7, 11) is 1.46. The molecule has 1 aromatic rings. The fraction of sp³-hybridized carbons (Fsp3) is 0.375. The van der Waals surface area contributed by atoms with Crippen LogP contribution < -0.4 is 0 Å². The smallest absolute Gasteiger partial charge is 0.269 e. The predicted molar refractivity (Wildman–Crippen MR) is 78.6 cm³/mol. The summed E-state index contributed by atoms with van der Waals surface area (Å²) in [6, 6.07) is 10.2. The third-order valence-electron chi connectivity index (χ3n) is 4.14. The molecule has 0 N–H and O–H groups in total. The molecule has 6 nitrogen and oxygen atoms in total. The number of methoxy groups -OCH3 is 1. The quantitative estimate of drug-likeness (QED) is 0.485. The van der Waals surface area contributed by atoms with E-state index >= 15 is 0 Å². The monoisotopic (exact) mass is 297 g/mol. The number of ether oxygens (including phenoxy) is 1. The van der Waals surface area contributed by atoms with E-state index in [0.717, 1.165) is 0 Å². The van der Waals surface area contributed by atoms with E-state index in [1.165, 1.54) is 19.2 Å². The number of nitrogens with zero attached hydrogens (tertiary/aromatic N) is 3. The van der Waals surface area contributed by atoms with Crippen LogP contribution >= 0.6 is 0 Å². The van der Waals surface area contributed by atoms with Crippen molar-refractivity contribution in [2.24, 2.45) is 11.3 Å². The third kappa shape index (κ3) is 2.34. The number of non-ortho nitro benzene ring substituents is 1. The third-order valence-corrected chi connectivity index (χ3v) is 4.14. The van der Waals surface area contributed by atoms with Gasteiger partial charge in [0, 0.05) is 25.2 Å². The van der Waals surface area contributed by atoms with Gasteiger partial charge in [0.2, 0.25) is 0 Å². The average molecular weight is 297 g/mol. The summed E-state index contributed by atoms with van der Waals surface area (Å²) < 4.78 is 5.31. The number of hydrogen-bond donors (Lipinski definition) is 0. The summed E-state index contributed by atoms with van der Waals surface area (Å²) in [5.41, 5.74) is -0.669. The topological polar surface area (TPSA) is 99.9 Å². The number of nitro groups is 1. The van der Waals surface area contributed by atoms with Crippen molar-refractivity contribution in [3.63, 3.8) is 0 Å². The first-order valence-corrected chi connectivity index (χ1v) is 6.78. The van der Waals surface area contributed by atoms with Crippen LogP contribution in [-0.4, -0.2) is 18.1 Å². The van der Waals surface area contributed by atoms with Crippen molar-refractivity contribution >= 4 is 5.69 Å². The molecule has 112 valence electrons. The molecular formula is C16H15N3O3. The second-order valence-corrected chi connectivity index (χ2v) is 5.32. The van der Waals surface area contributed by atoms with Gasteiger partial charge < -0.3 is 4.74 Å². The number of hydrogen-bond acceptors (Lipinski definition) is 5. The van der Waals surface area contributed by atoms with Crippen molar-refractivity contribution in [3.8, 4) is 12.1 Å². The second kappa shape index (κ2) is 5.97. The van der Waals surface area contributed by atoms with E-state index in [2.05, 4.69) is 12.1 Å². The highest BCUT2D eigenvalue weighted by Gasteiger charge is 2.51. The molecule has 0 spiro atoms. The average Bonchev–Trinajstić information content (AvgIpc) is 2.54. The molecule has 0 aromatic heterocycles. The standard InChI is InChI=1S/C16H15N3O3/c1-11-3-8-14(22-2)16(9-17,10-18)15(11)12-4-6-13(7-5-12)19(20)21/h3-8,11,14-15H,1-2H3/t11-,14+,15+/m1/s1. The van der Waals surface area contributed by atoms with Gasteiger partial charge in [-0.1, -0.05) is 31.2 Å². The van der Waals surface area contributed by atoms with E-state index < -0.39 is 22.4 Å². The maximum atomic E-state index is 10.8. The minimum atomic E-state index is -1.36. The van der Waals surface area contributed by atoms with E-state index in [1.54, 1.807) is 18.2 Å². The summed E-state index contributed by atoms with van der Waals surface area (Å²) in [6.07, 6.45) is 3.01. The Hall–Kier alpha value is -2.70. The number of rotatable bonds is 3. The van der Waals surface area contributed by atoms with Crippen LogP contribution in [0.15, 0.2) is 36.4 Å². The zero-order valence-electron chi connectivity index (χ0n) is 12.3. The Balaban J connectivity index is 2.55. The fourth-order valence-corrected chi connectivity index (χ4v) is 3.06. The lowest BCUT2D eigenvalue weighted by atomic mass is 9.62. The molecule has 0 saturated carbocycles. The summed E-state index contributed by atoms with van der Waals surface area (Å²) in [4.78, 5) is 10.3. The summed E-state index contributed by atoms with van der Waals surface area (Å²) in [5, 5.41) is 30.0. The highest BCUT2D eigenvalue weighted by molar-refractivity contribution is 5.42. The molecule has 3 atom stereocenters. The van der Waals surface area contributed by atoms with E-state index in [-0.39, 0.29) is 11.6 Å². The van der Waals surface area contributed by atoms with Gasteiger partial charge in [0.1, 0.15) is 6.10 Å². The van der Waals surface area contributed by atoms with Crippen LogP contribution in [0.25, 0.3) is 0 Å². The van der Waals surface area contributed by atoms with Crippen LogP contribution in [0.3, 0.4) is 0 Å². The van der Waals surface area contributed by atoms with Gasteiger partial charge in [-0.25, -0.2) is 0 Å². The van der Waals surface area contributed by atoms with Gasteiger partial charge in [0.05, 0.1) is 17.1 Å². The molecule has 0 radical (unpaired) electrons. The molecule has 0 unspecified atom stereocenters. The van der Waals surface area contributed by atoms with Crippen molar-refractivity contribution in [2.75, 3.05) is 7.11 Å². The van der Waals surface area contributed by atoms with Crippen molar-refractivity contribution < 1.29 is 9.66 Å². The lowest BCUT2D eigenvalue weighted by molar-refractivity contribution is -0.384. The Bertz CT molecular complexity index is 668. The van der Waals surface area contributed by atoms with Crippen LogP contribution in [0.1, 0.15) is 18.4 Å². The normalized spacial score (nSPS) is 25.9. The SMILES string of the molecule is CO[C@H]1C=C[C@@H](C)[C@@H](c2ccc([N+](=O)[O-])cc2)C1(C#N)C#N. The molecular weight excluding hydrogens is 282 g/mol. The molecule has 1 aromatic carbocycles. The zero-order chi connectivity index (χ0) is 16.3. The molecule has 0 amide bonds. The Morgan fingerprint density at radius 1 is 1.23 bits per heavy atom. The van der Waals surface area contributed by atoms with Gasteiger partial charge >= 0.3 is 0 Å². The van der Waals surface area contributed by atoms with E-state index in [9.17, 15) is 20.6 Å². The predicted octanol–water partition coefficient (Wildman–Crippen LogP) is 2.93. The first-order valence-electron chi connectivity index (χ1n) is 6.78. The van der Waals surface area contributed by atoms with E-state index in [1.807, 2.05) is 13.0 Å². The van der Waals surface area contributed by atoms with E-state index in [4.69, 9.17) is 4.74 Å². The molecule has 1 aliphatic carbocycles. The Morgan fingerprint density at radius 2 is 1.82 bits per heavy atom. The molecule has 2 rings (SSSR count). The van der Waals surface area contributed by atoms with Gasteiger partial charge in [0.15, 0.2) is 5.41 Å². The van der Waals surface area contributed by atoms with E-state index in [0.29, 0.717) is 5.56 Å². The minimum absolute atomic E-state index is 0.0226. The fourth-order valence-electron chi connectivity index (χ4n) is 3.06. The van der Waals surface area contributed by atoms with Gasteiger partial charge in [-0.15, -0.1) is 0 Å². The first kappa shape index (κ1) is 15.7. The molecule has 0 aliphatic heterocycles. The number of benzene rings is 1. The summed E-state index contributed by atoms with van der Waals surface area (Å²) in [5.74, 6) is -0.481. The van der Waals surface area contributed by atoms with Crippen LogP contribution in [-0.2, 0) is 4.74 Å². The van der Waals surface area contributed by atoms with Crippen LogP contribution in [0.2, 0.25) is 0 Å².